The van der Waals surface area contributed by atoms with Gasteiger partial charge in [0.15, 0.2) is 0 Å². The Balaban J connectivity index is 1.92. The van der Waals surface area contributed by atoms with Crippen LogP contribution in [-0.4, -0.2) is 51.4 Å². The molecule has 0 aliphatic heterocycles. The summed E-state index contributed by atoms with van der Waals surface area (Å²) in [5.41, 5.74) is 3.39. The zero-order chi connectivity index (χ0) is 29.9. The van der Waals surface area contributed by atoms with Crippen molar-refractivity contribution in [2.75, 3.05) is 41.7 Å². The number of anilines is 3. The minimum atomic E-state index is -4.09. The SMILES string of the molecule is Cc1ccc(S(N)(=O)=O)c(NCCN(CCNc2cc(C)ccc2S(N)(=O)=O)c2cc(C)ccc2S(N)(=O)=O)c1. The van der Waals surface area contributed by atoms with Gasteiger partial charge in [0.25, 0.3) is 0 Å². The first-order valence-corrected chi connectivity index (χ1v) is 16.7. The lowest BCUT2D eigenvalue weighted by Crippen LogP contribution is -2.35. The smallest absolute Gasteiger partial charge is 0.240 e. The third-order valence-corrected chi connectivity index (χ3v) is 8.94. The van der Waals surface area contributed by atoms with Crippen LogP contribution >= 0.6 is 0 Å². The Labute approximate surface area is 235 Å². The van der Waals surface area contributed by atoms with Crippen molar-refractivity contribution in [3.8, 4) is 0 Å². The fraction of sp³-hybridized carbons (Fsp3) is 0.280. The number of benzene rings is 3. The van der Waals surface area contributed by atoms with Crippen molar-refractivity contribution in [3.63, 3.8) is 0 Å². The molecule has 0 radical (unpaired) electrons. The van der Waals surface area contributed by atoms with E-state index >= 15 is 0 Å². The Morgan fingerprint density at radius 1 is 0.575 bits per heavy atom. The van der Waals surface area contributed by atoms with Gasteiger partial charge >= 0.3 is 0 Å². The van der Waals surface area contributed by atoms with Crippen molar-refractivity contribution in [2.24, 2.45) is 15.4 Å². The number of hydrogen-bond donors (Lipinski definition) is 5. The van der Waals surface area contributed by atoms with Crippen molar-refractivity contribution in [1.82, 2.24) is 0 Å². The molecule has 0 fully saturated rings. The second-order valence-electron chi connectivity index (χ2n) is 9.45. The van der Waals surface area contributed by atoms with E-state index in [-0.39, 0.29) is 40.9 Å². The van der Waals surface area contributed by atoms with Gasteiger partial charge < -0.3 is 15.5 Å². The molecular weight excluding hydrogens is 577 g/mol. The number of aryl methyl sites for hydroxylation is 3. The minimum absolute atomic E-state index is 0.0675. The maximum Gasteiger partial charge on any atom is 0.240 e. The molecular formula is C25H34N6O6S3. The van der Waals surface area contributed by atoms with Crippen molar-refractivity contribution in [3.05, 3.63) is 71.3 Å². The number of hydrogen-bond acceptors (Lipinski definition) is 9. The van der Waals surface area contributed by atoms with Gasteiger partial charge in [-0.2, -0.15) is 0 Å². The van der Waals surface area contributed by atoms with Gasteiger partial charge in [0, 0.05) is 26.2 Å². The molecule has 0 amide bonds. The van der Waals surface area contributed by atoms with Gasteiger partial charge in [0.2, 0.25) is 30.1 Å². The number of rotatable bonds is 12. The van der Waals surface area contributed by atoms with Gasteiger partial charge in [-0.1, -0.05) is 18.2 Å². The van der Waals surface area contributed by atoms with E-state index in [2.05, 4.69) is 10.6 Å². The highest BCUT2D eigenvalue weighted by Gasteiger charge is 2.21. The van der Waals surface area contributed by atoms with Crippen LogP contribution in [0.5, 0.6) is 0 Å². The Hall–Kier alpha value is -3.21. The van der Waals surface area contributed by atoms with Gasteiger partial charge in [-0.15, -0.1) is 0 Å². The zero-order valence-electron chi connectivity index (χ0n) is 22.4. The molecule has 218 valence electrons. The Morgan fingerprint density at radius 2 is 0.925 bits per heavy atom. The molecule has 3 aromatic rings. The molecule has 0 aromatic heterocycles. The molecule has 12 nitrogen and oxygen atoms in total. The van der Waals surface area contributed by atoms with E-state index in [4.69, 9.17) is 15.4 Å². The van der Waals surface area contributed by atoms with E-state index in [0.29, 0.717) is 17.1 Å². The van der Waals surface area contributed by atoms with Crippen LogP contribution in [0, 0.1) is 20.8 Å². The van der Waals surface area contributed by atoms with Crippen LogP contribution < -0.4 is 31.0 Å². The Kier molecular flexibility index (Phi) is 9.49. The predicted molar refractivity (Wildman–Crippen MR) is 157 cm³/mol. The molecule has 0 spiro atoms. The number of nitrogens with zero attached hydrogens (tertiary/aromatic N) is 1. The average molecular weight is 611 g/mol. The molecule has 40 heavy (non-hydrogen) atoms. The maximum absolute atomic E-state index is 12.4. The second-order valence-corrected chi connectivity index (χ2v) is 14.0. The summed E-state index contributed by atoms with van der Waals surface area (Å²) in [6.45, 7) is 6.28. The molecule has 8 N–H and O–H groups in total. The normalized spacial score (nSPS) is 12.2. The van der Waals surface area contributed by atoms with Crippen molar-refractivity contribution >= 4 is 47.1 Å². The third-order valence-electron chi connectivity index (χ3n) is 6.04. The van der Waals surface area contributed by atoms with E-state index < -0.39 is 30.1 Å². The maximum atomic E-state index is 12.4. The molecule has 0 aliphatic rings. The monoisotopic (exact) mass is 610 g/mol. The van der Waals surface area contributed by atoms with Gasteiger partial charge in [0.05, 0.1) is 17.1 Å². The van der Waals surface area contributed by atoms with Crippen molar-refractivity contribution in [2.45, 2.75) is 35.5 Å². The molecule has 15 heteroatoms. The van der Waals surface area contributed by atoms with Crippen LogP contribution in [0.3, 0.4) is 0 Å². The lowest BCUT2D eigenvalue weighted by molar-refractivity contribution is 0.595. The number of nitrogens with one attached hydrogen (secondary N) is 2. The largest absolute Gasteiger partial charge is 0.382 e. The summed E-state index contributed by atoms with van der Waals surface area (Å²) < 4.78 is 73.1. The molecule has 0 saturated carbocycles. The molecule has 0 unspecified atom stereocenters. The molecule has 0 heterocycles. The van der Waals surface area contributed by atoms with E-state index in [0.717, 1.165) is 16.7 Å². The topological polar surface area (TPSA) is 208 Å². The highest BCUT2D eigenvalue weighted by atomic mass is 32.2. The summed E-state index contributed by atoms with van der Waals surface area (Å²) in [5, 5.41) is 22.4. The average Bonchev–Trinajstić information content (AvgIpc) is 2.80. The number of primary sulfonamides is 3. The fourth-order valence-electron chi connectivity index (χ4n) is 4.18. The third kappa shape index (κ3) is 8.16. The van der Waals surface area contributed by atoms with Crippen molar-refractivity contribution < 1.29 is 25.3 Å². The fourth-order valence-corrected chi connectivity index (χ4v) is 6.31. The lowest BCUT2D eigenvalue weighted by atomic mass is 10.2. The van der Waals surface area contributed by atoms with Gasteiger partial charge in [-0.25, -0.2) is 40.7 Å². The van der Waals surface area contributed by atoms with Crippen molar-refractivity contribution in [1.29, 1.82) is 0 Å². The van der Waals surface area contributed by atoms with Crippen LogP contribution in [0.2, 0.25) is 0 Å². The highest BCUT2D eigenvalue weighted by molar-refractivity contribution is 7.89. The van der Waals surface area contributed by atoms with E-state index in [1.807, 2.05) is 13.8 Å². The quantitative estimate of drug-likeness (QED) is 0.201. The highest BCUT2D eigenvalue weighted by Crippen LogP contribution is 2.27. The number of nitrogens with two attached hydrogens (primary N) is 3. The summed E-state index contributed by atoms with van der Waals surface area (Å²) >= 11 is 0. The zero-order valence-corrected chi connectivity index (χ0v) is 24.8. The van der Waals surface area contributed by atoms with Gasteiger partial charge in [-0.3, -0.25) is 0 Å². The Bertz CT molecular complexity index is 1640. The molecule has 0 atom stereocenters. The first-order chi connectivity index (χ1) is 18.5. The van der Waals surface area contributed by atoms with Crippen LogP contribution in [0.1, 0.15) is 16.7 Å². The van der Waals surface area contributed by atoms with Gasteiger partial charge in [0.1, 0.15) is 14.7 Å². The summed E-state index contributed by atoms with van der Waals surface area (Å²) in [7, 11) is -12.1. The minimum Gasteiger partial charge on any atom is -0.382 e. The van der Waals surface area contributed by atoms with Crippen LogP contribution in [-0.2, 0) is 30.1 Å². The second kappa shape index (κ2) is 12.1. The predicted octanol–water partition coefficient (Wildman–Crippen LogP) is 1.58. The van der Waals surface area contributed by atoms with E-state index in [1.54, 1.807) is 48.2 Å². The van der Waals surface area contributed by atoms with Gasteiger partial charge in [-0.05, 0) is 73.9 Å². The molecule has 3 aromatic carbocycles. The first-order valence-electron chi connectivity index (χ1n) is 12.1. The molecule has 3 rings (SSSR count). The van der Waals surface area contributed by atoms with Crippen LogP contribution in [0.25, 0.3) is 0 Å². The Morgan fingerprint density at radius 3 is 1.30 bits per heavy atom. The van der Waals surface area contributed by atoms with E-state index in [9.17, 15) is 25.3 Å². The summed E-state index contributed by atoms with van der Waals surface area (Å²) in [6, 6.07) is 14.1. The molecule has 0 aliphatic carbocycles. The first kappa shape index (κ1) is 31.3. The molecule has 0 saturated heterocycles. The van der Waals surface area contributed by atoms with E-state index in [1.165, 1.54) is 18.2 Å². The summed E-state index contributed by atoms with van der Waals surface area (Å²) in [4.78, 5) is 1.54. The summed E-state index contributed by atoms with van der Waals surface area (Å²) in [5.74, 6) is 0. The summed E-state index contributed by atoms with van der Waals surface area (Å²) in [6.07, 6.45) is 0. The van der Waals surface area contributed by atoms with Crippen LogP contribution in [0.15, 0.2) is 69.3 Å². The van der Waals surface area contributed by atoms with Crippen LogP contribution in [0.4, 0.5) is 17.1 Å². The lowest BCUT2D eigenvalue weighted by Gasteiger charge is -2.28. The molecule has 0 bridgehead atoms. The number of sulfonamides is 3. The standard InChI is InChI=1S/C25H34N6O6S3/c1-17-4-7-23(38(26,32)33)20(14-17)29-10-12-31(22-16-19(3)6-9-25(22)40(28,36)37)13-11-30-21-15-18(2)5-8-24(21)39(27,34)35/h4-9,14-16,29-30H,10-13H2,1-3H3,(H2,26,32,33)(H2,27,34,35)(H2,28,36,37).